The molecule has 0 atom stereocenters. The van der Waals surface area contributed by atoms with E-state index in [0.29, 0.717) is 0 Å². The summed E-state index contributed by atoms with van der Waals surface area (Å²) in [5, 5.41) is 0. The fourth-order valence-corrected chi connectivity index (χ4v) is 3.34. The van der Waals surface area contributed by atoms with Gasteiger partial charge in [0.25, 0.3) is 0 Å². The molecule has 3 rings (SSSR count). The Morgan fingerprint density at radius 3 is 2.76 bits per heavy atom. The first-order chi connectivity index (χ1) is 8.33. The number of rotatable bonds is 3. The van der Waals surface area contributed by atoms with Crippen molar-refractivity contribution in [3.8, 4) is 0 Å². The zero-order valence-electron chi connectivity index (χ0n) is 10.5. The molecule has 2 nitrogen and oxygen atoms in total. The Hall–Kier alpha value is -1.02. The van der Waals surface area contributed by atoms with Gasteiger partial charge in [-0.1, -0.05) is 37.8 Å². The summed E-state index contributed by atoms with van der Waals surface area (Å²) in [7, 11) is 0. The molecule has 2 aliphatic rings. The van der Waals surface area contributed by atoms with Gasteiger partial charge < -0.3 is 5.73 Å². The van der Waals surface area contributed by atoms with Gasteiger partial charge in [0.05, 0.1) is 0 Å². The molecule has 0 spiro atoms. The molecule has 0 aromatic heterocycles. The van der Waals surface area contributed by atoms with E-state index in [1.807, 2.05) is 6.07 Å². The van der Waals surface area contributed by atoms with Crippen LogP contribution in [0.25, 0.3) is 0 Å². The van der Waals surface area contributed by atoms with Gasteiger partial charge in [-0.05, 0) is 36.1 Å². The maximum atomic E-state index is 6.03. The summed E-state index contributed by atoms with van der Waals surface area (Å²) in [6.07, 6.45) is 7.22. The van der Waals surface area contributed by atoms with Gasteiger partial charge in [0.2, 0.25) is 0 Å². The molecule has 0 radical (unpaired) electrons. The third-order valence-corrected chi connectivity index (χ3v) is 4.41. The number of benzene rings is 1. The van der Waals surface area contributed by atoms with Gasteiger partial charge in [0.15, 0.2) is 0 Å². The second kappa shape index (κ2) is 4.69. The molecule has 1 aromatic carbocycles. The summed E-state index contributed by atoms with van der Waals surface area (Å²) in [6, 6.07) is 6.33. The van der Waals surface area contributed by atoms with Crippen molar-refractivity contribution in [2.75, 3.05) is 12.3 Å². The summed E-state index contributed by atoms with van der Waals surface area (Å²) in [5.41, 5.74) is 9.82. The van der Waals surface area contributed by atoms with E-state index >= 15 is 0 Å². The van der Waals surface area contributed by atoms with E-state index in [1.165, 1.54) is 49.8 Å². The molecule has 0 amide bonds. The number of anilines is 1. The Balaban J connectivity index is 1.56. The Kier molecular flexibility index (Phi) is 3.06. The summed E-state index contributed by atoms with van der Waals surface area (Å²) in [6.45, 7) is 3.42. The van der Waals surface area contributed by atoms with Crippen molar-refractivity contribution >= 4 is 5.69 Å². The lowest BCUT2D eigenvalue weighted by Gasteiger charge is -2.17. The van der Waals surface area contributed by atoms with Gasteiger partial charge in [-0.15, -0.1) is 0 Å². The van der Waals surface area contributed by atoms with Gasteiger partial charge in [-0.2, -0.15) is 0 Å². The van der Waals surface area contributed by atoms with Crippen LogP contribution in [0.1, 0.15) is 43.2 Å². The second-order valence-electron chi connectivity index (χ2n) is 5.63. The van der Waals surface area contributed by atoms with Crippen molar-refractivity contribution in [3.63, 3.8) is 0 Å². The molecule has 1 aliphatic heterocycles. The first-order valence-corrected chi connectivity index (χ1v) is 6.91. The van der Waals surface area contributed by atoms with Gasteiger partial charge >= 0.3 is 0 Å². The number of nitrogens with two attached hydrogens (primary N) is 1. The van der Waals surface area contributed by atoms with E-state index in [1.54, 1.807) is 0 Å². The molecule has 0 saturated heterocycles. The monoisotopic (exact) mass is 230 g/mol. The van der Waals surface area contributed by atoms with Crippen LogP contribution in [0.2, 0.25) is 0 Å². The van der Waals surface area contributed by atoms with Crippen LogP contribution >= 0.6 is 0 Å². The predicted octanol–water partition coefficient (Wildman–Crippen LogP) is 3.16. The van der Waals surface area contributed by atoms with Crippen LogP contribution in [0.5, 0.6) is 0 Å². The quantitative estimate of drug-likeness (QED) is 0.808. The first-order valence-electron chi connectivity index (χ1n) is 6.91. The maximum Gasteiger partial charge on any atom is 0.0363 e. The molecule has 0 unspecified atom stereocenters. The molecule has 1 saturated carbocycles. The van der Waals surface area contributed by atoms with Gasteiger partial charge in [-0.3, -0.25) is 4.90 Å². The van der Waals surface area contributed by atoms with E-state index in [4.69, 9.17) is 5.73 Å². The largest absolute Gasteiger partial charge is 0.398 e. The SMILES string of the molecule is Nc1cccc2c1CN(CCC1CCCC1)C2. The average Bonchev–Trinajstić information content (AvgIpc) is 2.95. The molecule has 1 fully saturated rings. The van der Waals surface area contributed by atoms with Crippen molar-refractivity contribution in [1.82, 2.24) is 4.90 Å². The lowest BCUT2D eigenvalue weighted by molar-refractivity contribution is 0.259. The zero-order valence-corrected chi connectivity index (χ0v) is 10.5. The van der Waals surface area contributed by atoms with Crippen LogP contribution in [0.15, 0.2) is 18.2 Å². The van der Waals surface area contributed by atoms with E-state index in [0.717, 1.165) is 24.7 Å². The lowest BCUT2D eigenvalue weighted by Crippen LogP contribution is -2.19. The Labute approximate surface area is 104 Å². The third-order valence-electron chi connectivity index (χ3n) is 4.41. The highest BCUT2D eigenvalue weighted by Crippen LogP contribution is 2.31. The molecule has 2 heteroatoms. The molecule has 0 bridgehead atoms. The molecule has 1 aromatic rings. The highest BCUT2D eigenvalue weighted by Gasteiger charge is 2.22. The Bertz CT molecular complexity index is 394. The fourth-order valence-electron chi connectivity index (χ4n) is 3.34. The van der Waals surface area contributed by atoms with Crippen molar-refractivity contribution in [2.45, 2.75) is 45.2 Å². The van der Waals surface area contributed by atoms with Gasteiger partial charge in [0, 0.05) is 18.8 Å². The van der Waals surface area contributed by atoms with Gasteiger partial charge in [0.1, 0.15) is 0 Å². The number of nitrogens with zero attached hydrogens (tertiary/aromatic N) is 1. The van der Waals surface area contributed by atoms with Crippen molar-refractivity contribution < 1.29 is 0 Å². The average molecular weight is 230 g/mol. The highest BCUT2D eigenvalue weighted by molar-refractivity contribution is 5.52. The zero-order chi connectivity index (χ0) is 11.7. The molecule has 2 N–H and O–H groups in total. The standard InChI is InChI=1S/C15H22N2/c16-15-7-3-6-13-10-17(11-14(13)15)9-8-12-4-1-2-5-12/h3,6-7,12H,1-2,4-5,8-11,16H2. The lowest BCUT2D eigenvalue weighted by atomic mass is 10.0. The molecule has 92 valence electrons. The van der Waals surface area contributed by atoms with Crippen LogP contribution in [-0.2, 0) is 13.1 Å². The molecular formula is C15H22N2. The van der Waals surface area contributed by atoms with Gasteiger partial charge in [-0.25, -0.2) is 0 Å². The van der Waals surface area contributed by atoms with Crippen LogP contribution in [0.3, 0.4) is 0 Å². The minimum absolute atomic E-state index is 0.978. The van der Waals surface area contributed by atoms with E-state index in [9.17, 15) is 0 Å². The predicted molar refractivity (Wildman–Crippen MR) is 71.5 cm³/mol. The number of nitrogen functional groups attached to an aromatic ring is 1. The van der Waals surface area contributed by atoms with E-state index < -0.39 is 0 Å². The Morgan fingerprint density at radius 1 is 1.18 bits per heavy atom. The van der Waals surface area contributed by atoms with E-state index in [-0.39, 0.29) is 0 Å². The molecule has 1 heterocycles. The third kappa shape index (κ3) is 2.32. The first kappa shape index (κ1) is 11.1. The minimum Gasteiger partial charge on any atom is -0.398 e. The molecular weight excluding hydrogens is 208 g/mol. The summed E-state index contributed by atoms with van der Waals surface area (Å²) in [5.74, 6) is 0.996. The van der Waals surface area contributed by atoms with Crippen molar-refractivity contribution in [1.29, 1.82) is 0 Å². The normalized spacial score (nSPS) is 20.9. The number of fused-ring (bicyclic) bond motifs is 1. The molecule has 1 aliphatic carbocycles. The summed E-state index contributed by atoms with van der Waals surface area (Å²) in [4.78, 5) is 2.55. The van der Waals surface area contributed by atoms with Crippen LogP contribution < -0.4 is 5.73 Å². The van der Waals surface area contributed by atoms with Crippen molar-refractivity contribution in [3.05, 3.63) is 29.3 Å². The Morgan fingerprint density at radius 2 is 2.00 bits per heavy atom. The minimum atomic E-state index is 0.978. The summed E-state index contributed by atoms with van der Waals surface area (Å²) < 4.78 is 0. The van der Waals surface area contributed by atoms with Crippen LogP contribution in [0, 0.1) is 5.92 Å². The number of hydrogen-bond donors (Lipinski definition) is 1. The summed E-state index contributed by atoms with van der Waals surface area (Å²) >= 11 is 0. The highest BCUT2D eigenvalue weighted by atomic mass is 15.1. The van der Waals surface area contributed by atoms with E-state index in [2.05, 4.69) is 17.0 Å². The van der Waals surface area contributed by atoms with Crippen LogP contribution in [0.4, 0.5) is 5.69 Å². The molecule has 17 heavy (non-hydrogen) atoms. The van der Waals surface area contributed by atoms with Crippen LogP contribution in [-0.4, -0.2) is 11.4 Å². The maximum absolute atomic E-state index is 6.03. The van der Waals surface area contributed by atoms with Crippen molar-refractivity contribution in [2.24, 2.45) is 5.92 Å². The number of hydrogen-bond acceptors (Lipinski definition) is 2. The topological polar surface area (TPSA) is 29.3 Å². The smallest absolute Gasteiger partial charge is 0.0363 e. The fraction of sp³-hybridized carbons (Fsp3) is 0.600. The second-order valence-corrected chi connectivity index (χ2v) is 5.63.